The summed E-state index contributed by atoms with van der Waals surface area (Å²) in [6, 6.07) is 0. The number of carbonyl (C=O) groups is 3. The average molecular weight is 411 g/mol. The van der Waals surface area contributed by atoms with Gasteiger partial charge in [-0.2, -0.15) is 0 Å². The first kappa shape index (κ1) is 23.4. The van der Waals surface area contributed by atoms with Crippen LogP contribution in [0.25, 0.3) is 0 Å². The van der Waals surface area contributed by atoms with Crippen molar-refractivity contribution in [3.05, 3.63) is 12.2 Å². The average Bonchev–Trinajstić information content (AvgIpc) is 2.72. The molecular formula is C22H34O7. The van der Waals surface area contributed by atoms with Crippen LogP contribution >= 0.6 is 0 Å². The Labute approximate surface area is 172 Å². The Balaban J connectivity index is 1.53. The number of esters is 2. The van der Waals surface area contributed by atoms with Crippen molar-refractivity contribution in [1.29, 1.82) is 0 Å². The van der Waals surface area contributed by atoms with E-state index in [2.05, 4.69) is 6.58 Å². The summed E-state index contributed by atoms with van der Waals surface area (Å²) >= 11 is 0. The van der Waals surface area contributed by atoms with Crippen LogP contribution in [0, 0.1) is 23.7 Å². The zero-order valence-corrected chi connectivity index (χ0v) is 17.4. The SMILES string of the molecule is C=C(C)C(=O)OCCOCCOC(=O)C1CCC(C2CCC(C(=O)O)CC2)CC1. The van der Waals surface area contributed by atoms with Crippen LogP contribution in [-0.2, 0) is 28.6 Å². The van der Waals surface area contributed by atoms with E-state index in [-0.39, 0.29) is 44.2 Å². The van der Waals surface area contributed by atoms with Crippen LogP contribution in [0.5, 0.6) is 0 Å². The van der Waals surface area contributed by atoms with Gasteiger partial charge in [-0.25, -0.2) is 4.79 Å². The third kappa shape index (κ3) is 7.80. The lowest BCUT2D eigenvalue weighted by atomic mass is 9.69. The molecule has 0 atom stereocenters. The molecule has 0 heterocycles. The van der Waals surface area contributed by atoms with Crippen LogP contribution in [0.3, 0.4) is 0 Å². The normalized spacial score (nSPS) is 27.1. The van der Waals surface area contributed by atoms with Gasteiger partial charge in [-0.3, -0.25) is 9.59 Å². The molecule has 0 radical (unpaired) electrons. The molecule has 164 valence electrons. The Hall–Kier alpha value is -1.89. The molecule has 0 aromatic carbocycles. The molecule has 0 aliphatic heterocycles. The highest BCUT2D eigenvalue weighted by atomic mass is 16.6. The van der Waals surface area contributed by atoms with Gasteiger partial charge in [0.15, 0.2) is 0 Å². The number of hydrogen-bond donors (Lipinski definition) is 1. The van der Waals surface area contributed by atoms with Crippen molar-refractivity contribution >= 4 is 17.9 Å². The lowest BCUT2D eigenvalue weighted by Crippen LogP contribution is -2.30. The molecule has 7 nitrogen and oxygen atoms in total. The first-order valence-electron chi connectivity index (χ1n) is 10.7. The quantitative estimate of drug-likeness (QED) is 0.335. The zero-order valence-electron chi connectivity index (χ0n) is 17.4. The molecule has 29 heavy (non-hydrogen) atoms. The molecule has 2 rings (SSSR count). The Bertz CT molecular complexity index is 570. The van der Waals surface area contributed by atoms with Crippen LogP contribution in [0.4, 0.5) is 0 Å². The maximum Gasteiger partial charge on any atom is 0.333 e. The van der Waals surface area contributed by atoms with Gasteiger partial charge in [-0.1, -0.05) is 6.58 Å². The molecule has 0 unspecified atom stereocenters. The van der Waals surface area contributed by atoms with Crippen molar-refractivity contribution in [2.24, 2.45) is 23.7 Å². The maximum atomic E-state index is 12.2. The second-order valence-electron chi connectivity index (χ2n) is 8.26. The highest BCUT2D eigenvalue weighted by Gasteiger charge is 2.34. The molecule has 0 amide bonds. The summed E-state index contributed by atoms with van der Waals surface area (Å²) in [7, 11) is 0. The summed E-state index contributed by atoms with van der Waals surface area (Å²) in [5, 5.41) is 9.12. The molecule has 0 aromatic heterocycles. The number of aliphatic carboxylic acids is 1. The van der Waals surface area contributed by atoms with Crippen LogP contribution < -0.4 is 0 Å². The molecule has 2 aliphatic rings. The van der Waals surface area contributed by atoms with Gasteiger partial charge < -0.3 is 19.3 Å². The monoisotopic (exact) mass is 410 g/mol. The van der Waals surface area contributed by atoms with E-state index in [1.54, 1.807) is 6.92 Å². The standard InChI is InChI=1S/C22H34O7/c1-15(2)21(25)28-13-11-27-12-14-29-22(26)19-9-5-17(6-10-19)16-3-7-18(8-4-16)20(23)24/h16-19H,1,3-14H2,2H3,(H,23,24). The molecule has 2 fully saturated rings. The van der Waals surface area contributed by atoms with Crippen molar-refractivity contribution in [1.82, 2.24) is 0 Å². The molecule has 0 aromatic rings. The van der Waals surface area contributed by atoms with E-state index in [0.29, 0.717) is 17.4 Å². The van der Waals surface area contributed by atoms with E-state index >= 15 is 0 Å². The summed E-state index contributed by atoms with van der Waals surface area (Å²) in [6.07, 6.45) is 7.30. The molecule has 0 saturated heterocycles. The zero-order chi connectivity index (χ0) is 21.2. The maximum absolute atomic E-state index is 12.2. The summed E-state index contributed by atoms with van der Waals surface area (Å²) in [5.74, 6) is -0.252. The fraction of sp³-hybridized carbons (Fsp3) is 0.773. The summed E-state index contributed by atoms with van der Waals surface area (Å²) < 4.78 is 15.5. The van der Waals surface area contributed by atoms with Gasteiger partial charge in [-0.15, -0.1) is 0 Å². The number of carbonyl (C=O) groups excluding carboxylic acids is 2. The Kier molecular flexibility index (Phi) is 9.64. The fourth-order valence-electron chi connectivity index (χ4n) is 4.40. The van der Waals surface area contributed by atoms with E-state index < -0.39 is 11.9 Å². The van der Waals surface area contributed by atoms with Gasteiger partial charge in [0, 0.05) is 5.57 Å². The number of carboxylic acid groups (broad SMARTS) is 1. The number of carboxylic acids is 1. The van der Waals surface area contributed by atoms with E-state index in [0.717, 1.165) is 51.4 Å². The summed E-state index contributed by atoms with van der Waals surface area (Å²) in [5.41, 5.74) is 0.349. The number of ether oxygens (including phenoxy) is 3. The van der Waals surface area contributed by atoms with E-state index in [1.807, 2.05) is 0 Å². The second kappa shape index (κ2) is 12.0. The lowest BCUT2D eigenvalue weighted by molar-refractivity contribution is -0.152. The second-order valence-corrected chi connectivity index (χ2v) is 8.26. The van der Waals surface area contributed by atoms with Crippen molar-refractivity contribution in [3.8, 4) is 0 Å². The van der Waals surface area contributed by atoms with Crippen molar-refractivity contribution in [3.63, 3.8) is 0 Å². The van der Waals surface area contributed by atoms with Gasteiger partial charge in [-0.05, 0) is 70.1 Å². The van der Waals surface area contributed by atoms with Gasteiger partial charge in [0.2, 0.25) is 0 Å². The highest BCUT2D eigenvalue weighted by Crippen LogP contribution is 2.41. The van der Waals surface area contributed by atoms with Crippen LogP contribution in [0.15, 0.2) is 12.2 Å². The van der Waals surface area contributed by atoms with Crippen LogP contribution in [0.2, 0.25) is 0 Å². The molecular weight excluding hydrogens is 376 g/mol. The minimum Gasteiger partial charge on any atom is -0.481 e. The number of rotatable bonds is 10. The molecule has 0 bridgehead atoms. The highest BCUT2D eigenvalue weighted by molar-refractivity contribution is 5.86. The smallest absolute Gasteiger partial charge is 0.333 e. The molecule has 2 aliphatic carbocycles. The molecule has 0 spiro atoms. The third-order valence-corrected chi connectivity index (χ3v) is 6.17. The van der Waals surface area contributed by atoms with Crippen molar-refractivity contribution < 1.29 is 33.7 Å². The van der Waals surface area contributed by atoms with Gasteiger partial charge in [0.1, 0.15) is 13.2 Å². The van der Waals surface area contributed by atoms with Gasteiger partial charge in [0.05, 0.1) is 25.0 Å². The largest absolute Gasteiger partial charge is 0.481 e. The summed E-state index contributed by atoms with van der Waals surface area (Å²) in [4.78, 5) is 34.5. The van der Waals surface area contributed by atoms with Crippen molar-refractivity contribution in [2.45, 2.75) is 58.3 Å². The Morgan fingerprint density at radius 1 is 0.793 bits per heavy atom. The van der Waals surface area contributed by atoms with Gasteiger partial charge in [0.25, 0.3) is 0 Å². The van der Waals surface area contributed by atoms with E-state index in [1.165, 1.54) is 0 Å². The molecule has 2 saturated carbocycles. The van der Waals surface area contributed by atoms with Crippen LogP contribution in [-0.4, -0.2) is 49.4 Å². The summed E-state index contributed by atoms with van der Waals surface area (Å²) in [6.45, 7) is 5.96. The minimum atomic E-state index is -0.660. The van der Waals surface area contributed by atoms with Gasteiger partial charge >= 0.3 is 17.9 Å². The van der Waals surface area contributed by atoms with E-state index in [4.69, 9.17) is 19.3 Å². The van der Waals surface area contributed by atoms with E-state index in [9.17, 15) is 14.4 Å². The number of hydrogen-bond acceptors (Lipinski definition) is 6. The topological polar surface area (TPSA) is 99.1 Å². The predicted molar refractivity (Wildman–Crippen MR) is 106 cm³/mol. The van der Waals surface area contributed by atoms with Crippen LogP contribution in [0.1, 0.15) is 58.3 Å². The predicted octanol–water partition coefficient (Wildman–Crippen LogP) is 3.36. The van der Waals surface area contributed by atoms with Crippen molar-refractivity contribution in [2.75, 3.05) is 26.4 Å². The Morgan fingerprint density at radius 3 is 1.76 bits per heavy atom. The first-order chi connectivity index (χ1) is 13.9. The lowest BCUT2D eigenvalue weighted by Gasteiger charge is -2.36. The fourth-order valence-corrected chi connectivity index (χ4v) is 4.40. The minimum absolute atomic E-state index is 0.0434. The first-order valence-corrected chi connectivity index (χ1v) is 10.7. The molecule has 1 N–H and O–H groups in total. The Morgan fingerprint density at radius 2 is 1.28 bits per heavy atom. The third-order valence-electron chi connectivity index (χ3n) is 6.17. The molecule has 7 heteroatoms.